The maximum absolute atomic E-state index is 12.7. The number of fused-ring (bicyclic) bond motifs is 5. The van der Waals surface area contributed by atoms with Crippen LogP contribution in [0.1, 0.15) is 78.6 Å². The van der Waals surface area contributed by atoms with Gasteiger partial charge in [0, 0.05) is 0 Å². The highest BCUT2D eigenvalue weighted by Gasteiger charge is 2.66. The van der Waals surface area contributed by atoms with Crippen molar-refractivity contribution < 1.29 is 19.1 Å². The highest BCUT2D eigenvalue weighted by molar-refractivity contribution is 6.75. The van der Waals surface area contributed by atoms with Gasteiger partial charge in [-0.05, 0) is 99.2 Å². The third kappa shape index (κ3) is 3.62. The zero-order valence-corrected chi connectivity index (χ0v) is 21.3. The van der Waals surface area contributed by atoms with Crippen LogP contribution in [0.3, 0.4) is 0 Å². The lowest BCUT2D eigenvalue weighted by Crippen LogP contribution is -2.56. The van der Waals surface area contributed by atoms with E-state index < -0.39 is 9.76 Å². The van der Waals surface area contributed by atoms with Crippen molar-refractivity contribution in [1.82, 2.24) is 0 Å². The van der Waals surface area contributed by atoms with Gasteiger partial charge in [-0.25, -0.2) is 4.79 Å². The molecule has 4 saturated carbocycles. The average molecular weight is 494 g/mol. The van der Waals surface area contributed by atoms with E-state index >= 15 is 0 Å². The first kappa shape index (κ1) is 24.0. The second-order valence-corrected chi connectivity index (χ2v) is 13.6. The molecule has 0 aliphatic heterocycles. The summed E-state index contributed by atoms with van der Waals surface area (Å²) >= 11 is 17.1. The number of carbonyl (C=O) groups is 2. The zero-order valence-electron chi connectivity index (χ0n) is 19.0. The van der Waals surface area contributed by atoms with Gasteiger partial charge in [-0.3, -0.25) is 4.79 Å². The van der Waals surface area contributed by atoms with Crippen molar-refractivity contribution in [2.75, 3.05) is 7.11 Å². The molecule has 0 amide bonds. The van der Waals surface area contributed by atoms with Crippen molar-refractivity contribution >= 4 is 46.7 Å². The number of hydrogen-bond acceptors (Lipinski definition) is 4. The molecule has 4 aliphatic rings. The lowest BCUT2D eigenvalue weighted by molar-refractivity contribution is -0.174. The SMILES string of the molecule is COC(=O)[C@@]1(C)CC[C@H]2[C@@H]3CC[C@H]4C[C@@H](OC(=O)C(Cl)(Cl)Cl)CC[C@]4(C)[C@H]3CC[C@@]21C. The molecule has 0 radical (unpaired) electrons. The number of methoxy groups -OCH3 is 1. The molecule has 4 aliphatic carbocycles. The van der Waals surface area contributed by atoms with Crippen molar-refractivity contribution in [2.45, 2.75) is 88.5 Å². The van der Waals surface area contributed by atoms with Crippen molar-refractivity contribution in [3.05, 3.63) is 0 Å². The molecular formula is C24H35Cl3O4. The van der Waals surface area contributed by atoms with Gasteiger partial charge in [0.05, 0.1) is 12.5 Å². The number of carbonyl (C=O) groups excluding carboxylic acids is 2. The van der Waals surface area contributed by atoms with E-state index in [9.17, 15) is 9.59 Å². The maximum atomic E-state index is 12.7. The van der Waals surface area contributed by atoms with Crippen LogP contribution in [0.5, 0.6) is 0 Å². The summed E-state index contributed by atoms with van der Waals surface area (Å²) in [5.41, 5.74) is -0.114. The standard InChI is InChI=1S/C24H35Cl3O4/c1-21-10-7-15(31-20(29)24(25,26)27)13-14(21)5-6-16-17(21)8-11-22(2)18(16)9-12-23(22,3)19(28)30-4/h14-18H,5-13H2,1-4H3/t14-,15-,16+,17-,18-,21-,22-,23+/m0/s1. The van der Waals surface area contributed by atoms with Crippen LogP contribution in [-0.4, -0.2) is 28.9 Å². The molecule has 4 fully saturated rings. The number of ether oxygens (including phenoxy) is 2. The van der Waals surface area contributed by atoms with Gasteiger partial charge in [-0.15, -0.1) is 0 Å². The Morgan fingerprint density at radius 3 is 2.23 bits per heavy atom. The molecule has 0 N–H and O–H groups in total. The third-order valence-electron chi connectivity index (χ3n) is 10.4. The fourth-order valence-electron chi connectivity index (χ4n) is 8.37. The number of esters is 2. The van der Waals surface area contributed by atoms with Crippen LogP contribution in [0.2, 0.25) is 0 Å². The molecular weight excluding hydrogens is 459 g/mol. The molecule has 0 saturated heterocycles. The van der Waals surface area contributed by atoms with Crippen LogP contribution in [0.15, 0.2) is 0 Å². The van der Waals surface area contributed by atoms with E-state index in [-0.39, 0.29) is 28.3 Å². The van der Waals surface area contributed by atoms with Gasteiger partial charge < -0.3 is 9.47 Å². The summed E-state index contributed by atoms with van der Waals surface area (Å²) in [6, 6.07) is 0. The molecule has 0 spiro atoms. The fourth-order valence-corrected chi connectivity index (χ4v) is 8.51. The van der Waals surface area contributed by atoms with Crippen molar-refractivity contribution in [3.63, 3.8) is 0 Å². The van der Waals surface area contributed by atoms with Crippen LogP contribution >= 0.6 is 34.8 Å². The van der Waals surface area contributed by atoms with Gasteiger partial charge in [-0.1, -0.05) is 48.7 Å². The van der Waals surface area contributed by atoms with E-state index in [0.29, 0.717) is 23.7 Å². The van der Waals surface area contributed by atoms with Crippen LogP contribution in [0.4, 0.5) is 0 Å². The Hall–Kier alpha value is -0.190. The Morgan fingerprint density at radius 1 is 0.903 bits per heavy atom. The van der Waals surface area contributed by atoms with Crippen LogP contribution in [0, 0.1) is 39.9 Å². The molecule has 4 rings (SSSR count). The smallest absolute Gasteiger partial charge is 0.358 e. The largest absolute Gasteiger partial charge is 0.469 e. The van der Waals surface area contributed by atoms with Crippen LogP contribution < -0.4 is 0 Å². The first-order valence-electron chi connectivity index (χ1n) is 11.7. The third-order valence-corrected chi connectivity index (χ3v) is 10.8. The molecule has 31 heavy (non-hydrogen) atoms. The summed E-state index contributed by atoms with van der Waals surface area (Å²) in [6.45, 7) is 6.94. The van der Waals surface area contributed by atoms with Crippen LogP contribution in [-0.2, 0) is 19.1 Å². The number of hydrogen-bond donors (Lipinski definition) is 0. The fraction of sp³-hybridized carbons (Fsp3) is 0.917. The quantitative estimate of drug-likeness (QED) is 0.326. The number of halogens is 3. The minimum absolute atomic E-state index is 0.0154. The number of rotatable bonds is 2. The predicted molar refractivity (Wildman–Crippen MR) is 122 cm³/mol. The van der Waals surface area contributed by atoms with E-state index in [2.05, 4.69) is 20.8 Å². The summed E-state index contributed by atoms with van der Waals surface area (Å²) in [5.74, 6) is 1.62. The van der Waals surface area contributed by atoms with E-state index in [1.54, 1.807) is 0 Å². The predicted octanol–water partition coefficient (Wildman–Crippen LogP) is 6.49. The molecule has 8 atom stereocenters. The highest BCUT2D eigenvalue weighted by atomic mass is 35.6. The van der Waals surface area contributed by atoms with Gasteiger partial charge in [0.25, 0.3) is 3.79 Å². The lowest BCUT2D eigenvalue weighted by Gasteiger charge is -2.61. The normalized spacial score (nSPS) is 47.0. The molecule has 0 unspecified atom stereocenters. The van der Waals surface area contributed by atoms with E-state index in [4.69, 9.17) is 44.3 Å². The monoisotopic (exact) mass is 492 g/mol. The zero-order chi connectivity index (χ0) is 22.8. The second kappa shape index (κ2) is 7.94. The van der Waals surface area contributed by atoms with Crippen LogP contribution in [0.25, 0.3) is 0 Å². The molecule has 4 nitrogen and oxygen atoms in total. The minimum Gasteiger partial charge on any atom is -0.469 e. The van der Waals surface area contributed by atoms with Gasteiger partial charge >= 0.3 is 11.9 Å². The van der Waals surface area contributed by atoms with Gasteiger partial charge in [-0.2, -0.15) is 0 Å². The maximum Gasteiger partial charge on any atom is 0.358 e. The van der Waals surface area contributed by atoms with E-state index in [1.165, 1.54) is 13.5 Å². The first-order valence-corrected chi connectivity index (χ1v) is 12.9. The van der Waals surface area contributed by atoms with Gasteiger partial charge in [0.2, 0.25) is 0 Å². The second-order valence-electron chi connectivity index (χ2n) is 11.3. The summed E-state index contributed by atoms with van der Waals surface area (Å²) in [7, 11) is 1.52. The highest BCUT2D eigenvalue weighted by Crippen LogP contribution is 2.70. The molecule has 0 aromatic rings. The Balaban J connectivity index is 1.50. The van der Waals surface area contributed by atoms with Crippen molar-refractivity contribution in [2.24, 2.45) is 39.9 Å². The first-order chi connectivity index (χ1) is 14.4. The van der Waals surface area contributed by atoms with Gasteiger partial charge in [0.15, 0.2) is 0 Å². The lowest BCUT2D eigenvalue weighted by atomic mass is 9.43. The molecule has 0 heterocycles. The molecule has 0 aromatic heterocycles. The van der Waals surface area contributed by atoms with Gasteiger partial charge in [0.1, 0.15) is 6.10 Å². The molecule has 176 valence electrons. The Morgan fingerprint density at radius 2 is 1.58 bits per heavy atom. The summed E-state index contributed by atoms with van der Waals surface area (Å²) < 4.78 is 8.79. The Kier molecular flexibility index (Phi) is 6.14. The summed E-state index contributed by atoms with van der Waals surface area (Å²) in [4.78, 5) is 24.8. The Labute approximate surface area is 201 Å². The Bertz CT molecular complexity index is 752. The average Bonchev–Trinajstić information content (AvgIpc) is 2.99. The molecule has 7 heteroatoms. The number of alkyl halides is 3. The topological polar surface area (TPSA) is 52.6 Å². The van der Waals surface area contributed by atoms with Crippen molar-refractivity contribution in [3.8, 4) is 0 Å². The molecule has 0 bridgehead atoms. The van der Waals surface area contributed by atoms with E-state index in [0.717, 1.165) is 51.4 Å². The summed E-state index contributed by atoms with van der Waals surface area (Å²) in [6.07, 6.45) is 9.17. The minimum atomic E-state index is -2.01. The van der Waals surface area contributed by atoms with E-state index in [1.807, 2.05) is 0 Å². The summed E-state index contributed by atoms with van der Waals surface area (Å²) in [5, 5.41) is 0. The van der Waals surface area contributed by atoms with Crippen molar-refractivity contribution in [1.29, 1.82) is 0 Å². The molecule has 0 aromatic carbocycles.